The van der Waals surface area contributed by atoms with Crippen LogP contribution < -0.4 is 10.2 Å². The van der Waals surface area contributed by atoms with Gasteiger partial charge in [-0.3, -0.25) is 9.69 Å². The molecule has 1 aromatic carbocycles. The van der Waals surface area contributed by atoms with Crippen LogP contribution in [0.3, 0.4) is 0 Å². The average Bonchev–Trinajstić information content (AvgIpc) is 3.38. The Kier molecular flexibility index (Phi) is 4.69. The van der Waals surface area contributed by atoms with Crippen molar-refractivity contribution in [3.05, 3.63) is 81.6 Å². The van der Waals surface area contributed by atoms with E-state index >= 15 is 0 Å². The van der Waals surface area contributed by atoms with Crippen molar-refractivity contribution in [2.24, 2.45) is 0 Å². The first-order valence-electron chi connectivity index (χ1n) is 8.62. The highest BCUT2D eigenvalue weighted by Gasteiger charge is 2.32. The topological polar surface area (TPSA) is 106 Å². The number of hydrogen-bond donors (Lipinski definition) is 1. The molecular weight excluding hydrogens is 394 g/mol. The number of aromatic nitrogens is 2. The lowest BCUT2D eigenvalue weighted by Crippen LogP contribution is -2.30. The monoisotopic (exact) mass is 409 g/mol. The number of amides is 1. The molecule has 0 spiro atoms. The molecule has 0 radical (unpaired) electrons. The Labute approximate surface area is 170 Å². The van der Waals surface area contributed by atoms with Gasteiger partial charge in [0.05, 0.1) is 23.0 Å². The minimum Gasteiger partial charge on any atom is -0.460 e. The molecule has 0 saturated carbocycles. The van der Waals surface area contributed by atoms with Gasteiger partial charge < -0.3 is 19.8 Å². The van der Waals surface area contributed by atoms with Gasteiger partial charge in [-0.05, 0) is 47.8 Å². The van der Waals surface area contributed by atoms with E-state index in [1.807, 2.05) is 31.2 Å². The van der Waals surface area contributed by atoms with Crippen molar-refractivity contribution in [3.63, 3.8) is 0 Å². The summed E-state index contributed by atoms with van der Waals surface area (Å²) in [5.74, 6) is 0.486. The van der Waals surface area contributed by atoms with Gasteiger partial charge >= 0.3 is 5.82 Å². The molecule has 0 aliphatic carbocycles. The number of thiocarbonyl (C=S) groups is 1. The third-order valence-corrected chi connectivity index (χ3v) is 4.62. The van der Waals surface area contributed by atoms with Gasteiger partial charge in [-0.1, -0.05) is 18.2 Å². The zero-order valence-corrected chi connectivity index (χ0v) is 16.0. The Morgan fingerprint density at radius 2 is 2.07 bits per heavy atom. The summed E-state index contributed by atoms with van der Waals surface area (Å²) in [5, 5.41) is 17.8. The molecule has 0 bridgehead atoms. The van der Waals surface area contributed by atoms with Crippen LogP contribution >= 0.6 is 12.2 Å². The van der Waals surface area contributed by atoms with Gasteiger partial charge in [0.2, 0.25) is 0 Å². The molecule has 0 unspecified atom stereocenters. The first kappa shape index (κ1) is 18.6. The number of hydrogen-bond acceptors (Lipinski definition) is 6. The maximum Gasteiger partial charge on any atom is 0.389 e. The Balaban J connectivity index is 1.53. The number of carbonyl (C=O) groups is 1. The fraction of sp³-hybridized carbons (Fsp3) is 0.105. The Hall–Kier alpha value is -3.79. The number of nitrogens with one attached hydrogen (secondary N) is 1. The van der Waals surface area contributed by atoms with Gasteiger partial charge in [0.25, 0.3) is 5.91 Å². The minimum absolute atomic E-state index is 0.228. The van der Waals surface area contributed by atoms with Crippen molar-refractivity contribution < 1.29 is 14.1 Å². The van der Waals surface area contributed by atoms with Crippen LogP contribution in [0.5, 0.6) is 0 Å². The van der Waals surface area contributed by atoms with Crippen LogP contribution in [0.15, 0.2) is 58.8 Å². The molecule has 1 amide bonds. The van der Waals surface area contributed by atoms with Gasteiger partial charge in [-0.15, -0.1) is 0 Å². The summed E-state index contributed by atoms with van der Waals surface area (Å²) in [6.07, 6.45) is 3.07. The Morgan fingerprint density at radius 3 is 2.79 bits per heavy atom. The van der Waals surface area contributed by atoms with Crippen molar-refractivity contribution in [1.82, 2.24) is 15.1 Å². The molecule has 1 aliphatic rings. The standard InChI is InChI=1S/C19H15N5O4S/c1-12-4-2-3-5-16(12)23-18(25)15(20-19(23)29)10-13-6-7-14(28-13)11-22-9-8-17(21-22)24(26)27/h2-10H,11H2,1H3,(H,20,29)/b15-10+. The summed E-state index contributed by atoms with van der Waals surface area (Å²) < 4.78 is 7.11. The van der Waals surface area contributed by atoms with E-state index in [2.05, 4.69) is 10.4 Å². The molecule has 146 valence electrons. The number of aryl methyl sites for hydroxylation is 1. The minimum atomic E-state index is -0.561. The zero-order chi connectivity index (χ0) is 20.5. The number of nitrogens with zero attached hydrogens (tertiary/aromatic N) is 4. The van der Waals surface area contributed by atoms with Crippen molar-refractivity contribution in [2.45, 2.75) is 13.5 Å². The van der Waals surface area contributed by atoms with Crippen LogP contribution in [0.25, 0.3) is 6.08 Å². The zero-order valence-electron chi connectivity index (χ0n) is 15.2. The van der Waals surface area contributed by atoms with Crippen LogP contribution in [0, 0.1) is 17.0 Å². The highest BCUT2D eigenvalue weighted by atomic mass is 32.1. The van der Waals surface area contributed by atoms with Crippen LogP contribution in [-0.2, 0) is 11.3 Å². The summed E-state index contributed by atoms with van der Waals surface area (Å²) in [6.45, 7) is 2.14. The maximum atomic E-state index is 12.8. The fourth-order valence-corrected chi connectivity index (χ4v) is 3.25. The third-order valence-electron chi connectivity index (χ3n) is 4.34. The van der Waals surface area contributed by atoms with E-state index in [1.165, 1.54) is 21.8 Å². The quantitative estimate of drug-likeness (QED) is 0.299. The van der Waals surface area contributed by atoms with Crippen LogP contribution in [0.4, 0.5) is 11.5 Å². The molecule has 1 fully saturated rings. The molecule has 9 nitrogen and oxygen atoms in total. The highest BCUT2D eigenvalue weighted by Crippen LogP contribution is 2.26. The van der Waals surface area contributed by atoms with E-state index < -0.39 is 4.92 Å². The Morgan fingerprint density at radius 1 is 1.28 bits per heavy atom. The number of nitro groups is 1. The normalized spacial score (nSPS) is 15.2. The largest absolute Gasteiger partial charge is 0.460 e. The third kappa shape index (κ3) is 3.65. The fourth-order valence-electron chi connectivity index (χ4n) is 2.96. The number of benzene rings is 1. The lowest BCUT2D eigenvalue weighted by molar-refractivity contribution is -0.389. The molecule has 4 rings (SSSR count). The van der Waals surface area contributed by atoms with Gasteiger partial charge in [-0.2, -0.15) is 4.68 Å². The molecular formula is C19H15N5O4S. The molecule has 3 aromatic rings. The SMILES string of the molecule is Cc1ccccc1N1C(=O)/C(=C\c2ccc(Cn3ccc([N+](=O)[O-])n3)o2)NC1=S. The lowest BCUT2D eigenvalue weighted by atomic mass is 10.2. The van der Waals surface area contributed by atoms with E-state index in [-0.39, 0.29) is 18.3 Å². The van der Waals surface area contributed by atoms with Crippen LogP contribution in [0.2, 0.25) is 0 Å². The Bertz CT molecular complexity index is 1160. The molecule has 1 saturated heterocycles. The second kappa shape index (κ2) is 7.32. The van der Waals surface area contributed by atoms with E-state index in [0.29, 0.717) is 22.3 Å². The summed E-state index contributed by atoms with van der Waals surface area (Å²) in [5.41, 5.74) is 1.95. The number of furan rings is 1. The van der Waals surface area contributed by atoms with E-state index in [9.17, 15) is 14.9 Å². The predicted molar refractivity (Wildman–Crippen MR) is 109 cm³/mol. The first-order chi connectivity index (χ1) is 13.9. The molecule has 29 heavy (non-hydrogen) atoms. The van der Waals surface area contributed by atoms with Crippen molar-refractivity contribution in [2.75, 3.05) is 4.90 Å². The van der Waals surface area contributed by atoms with Crippen molar-refractivity contribution >= 4 is 40.8 Å². The molecule has 1 aliphatic heterocycles. The maximum absolute atomic E-state index is 12.8. The summed E-state index contributed by atoms with van der Waals surface area (Å²) in [6, 6.07) is 12.2. The summed E-state index contributed by atoms with van der Waals surface area (Å²) in [4.78, 5) is 24.4. The first-order valence-corrected chi connectivity index (χ1v) is 9.02. The molecule has 2 aromatic heterocycles. The van der Waals surface area contributed by atoms with Crippen molar-refractivity contribution in [3.8, 4) is 0 Å². The summed E-state index contributed by atoms with van der Waals surface area (Å²) >= 11 is 5.32. The molecule has 1 N–H and O–H groups in total. The van der Waals surface area contributed by atoms with Gasteiger partial charge in [0.1, 0.15) is 23.8 Å². The van der Waals surface area contributed by atoms with E-state index in [0.717, 1.165) is 11.3 Å². The highest BCUT2D eigenvalue weighted by molar-refractivity contribution is 7.80. The number of anilines is 1. The van der Waals surface area contributed by atoms with Crippen LogP contribution in [0.1, 0.15) is 17.1 Å². The second-order valence-electron chi connectivity index (χ2n) is 6.35. The molecule has 10 heteroatoms. The van der Waals surface area contributed by atoms with Crippen LogP contribution in [-0.4, -0.2) is 25.7 Å². The van der Waals surface area contributed by atoms with E-state index in [1.54, 1.807) is 18.2 Å². The van der Waals surface area contributed by atoms with Gasteiger partial charge in [0.15, 0.2) is 5.11 Å². The van der Waals surface area contributed by atoms with E-state index in [4.69, 9.17) is 16.6 Å². The lowest BCUT2D eigenvalue weighted by Gasteiger charge is -2.16. The second-order valence-corrected chi connectivity index (χ2v) is 6.73. The smallest absolute Gasteiger partial charge is 0.389 e. The van der Waals surface area contributed by atoms with Gasteiger partial charge in [-0.25, -0.2) is 0 Å². The number of carbonyl (C=O) groups excluding carboxylic acids is 1. The average molecular weight is 409 g/mol. The number of para-hydroxylation sites is 1. The molecule has 0 atom stereocenters. The van der Waals surface area contributed by atoms with Gasteiger partial charge in [0, 0.05) is 6.08 Å². The molecule has 3 heterocycles. The predicted octanol–water partition coefficient (Wildman–Crippen LogP) is 3.00. The summed E-state index contributed by atoms with van der Waals surface area (Å²) in [7, 11) is 0. The van der Waals surface area contributed by atoms with Crippen molar-refractivity contribution in [1.29, 1.82) is 0 Å². The number of rotatable bonds is 5.